The second-order valence-electron chi connectivity index (χ2n) is 6.20. The molecular weight excluding hydrogens is 348 g/mol. The highest BCUT2D eigenvalue weighted by Crippen LogP contribution is 2.20. The van der Waals surface area contributed by atoms with Gasteiger partial charge in [-0.3, -0.25) is 19.7 Å². The molecule has 0 aliphatic heterocycles. The van der Waals surface area contributed by atoms with Crippen LogP contribution >= 0.6 is 0 Å². The van der Waals surface area contributed by atoms with Crippen molar-refractivity contribution in [3.05, 3.63) is 75.5 Å². The van der Waals surface area contributed by atoms with Crippen molar-refractivity contribution in [1.82, 2.24) is 4.98 Å². The number of nitro groups is 1. The molecule has 0 fully saturated rings. The van der Waals surface area contributed by atoms with Crippen LogP contribution in [-0.4, -0.2) is 28.3 Å². The molecule has 138 valence electrons. The van der Waals surface area contributed by atoms with Gasteiger partial charge in [-0.1, -0.05) is 30.3 Å². The van der Waals surface area contributed by atoms with Gasteiger partial charge in [-0.05, 0) is 25.0 Å². The first-order chi connectivity index (χ1) is 13.0. The van der Waals surface area contributed by atoms with Crippen LogP contribution in [-0.2, 0) is 16.0 Å². The second kappa shape index (κ2) is 7.82. The molecule has 0 amide bonds. The molecule has 0 saturated heterocycles. The van der Waals surface area contributed by atoms with E-state index >= 15 is 0 Å². The van der Waals surface area contributed by atoms with Gasteiger partial charge in [0.15, 0.2) is 6.61 Å². The summed E-state index contributed by atoms with van der Waals surface area (Å²) in [5, 5.41) is 12.0. The number of aromatic nitrogens is 1. The van der Waals surface area contributed by atoms with E-state index in [4.69, 9.17) is 4.74 Å². The van der Waals surface area contributed by atoms with Gasteiger partial charge in [-0.15, -0.1) is 0 Å². The Labute approximate surface area is 155 Å². The Morgan fingerprint density at radius 2 is 1.96 bits per heavy atom. The lowest BCUT2D eigenvalue weighted by Crippen LogP contribution is -2.14. The predicted octanol–water partition coefficient (Wildman–Crippen LogP) is 3.74. The third kappa shape index (κ3) is 4.20. The number of carbonyl (C=O) groups excluding carboxylic acids is 2. The number of esters is 1. The summed E-state index contributed by atoms with van der Waals surface area (Å²) in [7, 11) is 0. The number of ether oxygens (including phenoxy) is 1. The van der Waals surface area contributed by atoms with E-state index in [0.29, 0.717) is 12.0 Å². The number of H-pyrrole nitrogens is 1. The van der Waals surface area contributed by atoms with Crippen LogP contribution < -0.4 is 0 Å². The molecule has 7 heteroatoms. The van der Waals surface area contributed by atoms with Gasteiger partial charge in [-0.25, -0.2) is 0 Å². The van der Waals surface area contributed by atoms with E-state index < -0.39 is 23.3 Å². The topological polar surface area (TPSA) is 102 Å². The molecule has 1 N–H and O–H groups in total. The van der Waals surface area contributed by atoms with Gasteiger partial charge in [0, 0.05) is 40.7 Å². The Morgan fingerprint density at radius 1 is 1.19 bits per heavy atom. The zero-order valence-electron chi connectivity index (χ0n) is 14.7. The minimum absolute atomic E-state index is 0.133. The summed E-state index contributed by atoms with van der Waals surface area (Å²) in [6, 6.07) is 12.0. The molecule has 0 aliphatic rings. The van der Waals surface area contributed by atoms with Gasteiger partial charge >= 0.3 is 5.97 Å². The minimum atomic E-state index is -0.542. The minimum Gasteiger partial charge on any atom is -0.457 e. The van der Waals surface area contributed by atoms with Crippen LogP contribution in [0.15, 0.2) is 48.7 Å². The molecule has 2 aromatic carbocycles. The number of Topliss-reactive ketones (excluding diaryl/α,β-unsaturated/α-hetero) is 1. The molecule has 0 saturated carbocycles. The van der Waals surface area contributed by atoms with Gasteiger partial charge in [0.05, 0.1) is 4.92 Å². The Hall–Kier alpha value is -3.48. The van der Waals surface area contributed by atoms with Crippen LogP contribution in [0.2, 0.25) is 0 Å². The number of fused-ring (bicyclic) bond motifs is 1. The zero-order chi connectivity index (χ0) is 19.4. The molecule has 3 rings (SSSR count). The van der Waals surface area contributed by atoms with Gasteiger partial charge in [0.25, 0.3) is 5.69 Å². The van der Waals surface area contributed by atoms with Crippen molar-refractivity contribution in [2.24, 2.45) is 0 Å². The lowest BCUT2D eigenvalue weighted by atomic mass is 10.1. The second-order valence-corrected chi connectivity index (χ2v) is 6.20. The lowest BCUT2D eigenvalue weighted by Gasteiger charge is -2.05. The first-order valence-corrected chi connectivity index (χ1v) is 8.44. The van der Waals surface area contributed by atoms with Crippen molar-refractivity contribution < 1.29 is 19.2 Å². The lowest BCUT2D eigenvalue weighted by molar-refractivity contribution is -0.385. The number of para-hydroxylation sites is 1. The average molecular weight is 366 g/mol. The van der Waals surface area contributed by atoms with Crippen LogP contribution in [0.5, 0.6) is 0 Å². The molecule has 27 heavy (non-hydrogen) atoms. The largest absolute Gasteiger partial charge is 0.457 e. The van der Waals surface area contributed by atoms with E-state index in [9.17, 15) is 19.7 Å². The molecule has 0 bridgehead atoms. The Balaban J connectivity index is 1.55. The van der Waals surface area contributed by atoms with E-state index in [-0.39, 0.29) is 17.7 Å². The number of carbonyl (C=O) groups is 2. The summed E-state index contributed by atoms with van der Waals surface area (Å²) in [6.07, 6.45) is 2.49. The van der Waals surface area contributed by atoms with E-state index in [1.54, 1.807) is 6.92 Å². The Morgan fingerprint density at radius 3 is 2.74 bits per heavy atom. The van der Waals surface area contributed by atoms with Crippen molar-refractivity contribution in [2.45, 2.75) is 19.8 Å². The highest BCUT2D eigenvalue weighted by atomic mass is 16.6. The third-order valence-electron chi connectivity index (χ3n) is 4.37. The molecule has 3 aromatic rings. The molecule has 0 unspecified atom stereocenters. The number of hydrogen-bond donors (Lipinski definition) is 1. The maximum atomic E-state index is 12.1. The van der Waals surface area contributed by atoms with Crippen LogP contribution in [0, 0.1) is 17.0 Å². The average Bonchev–Trinajstić information content (AvgIpc) is 3.07. The molecule has 1 heterocycles. The van der Waals surface area contributed by atoms with E-state index in [1.807, 2.05) is 30.5 Å². The molecule has 0 atom stereocenters. The normalized spacial score (nSPS) is 10.7. The van der Waals surface area contributed by atoms with Crippen LogP contribution in [0.1, 0.15) is 27.9 Å². The Kier molecular flexibility index (Phi) is 5.30. The number of aryl methyl sites for hydroxylation is 2. The fourth-order valence-electron chi connectivity index (χ4n) is 2.86. The number of ketones is 1. The summed E-state index contributed by atoms with van der Waals surface area (Å²) in [6.45, 7) is 1.16. The van der Waals surface area contributed by atoms with Crippen molar-refractivity contribution in [1.29, 1.82) is 0 Å². The van der Waals surface area contributed by atoms with Crippen LogP contribution in [0.4, 0.5) is 5.69 Å². The number of nitrogens with one attached hydrogen (secondary N) is 1. The monoisotopic (exact) mass is 366 g/mol. The van der Waals surface area contributed by atoms with Crippen molar-refractivity contribution in [3.8, 4) is 0 Å². The fraction of sp³-hybridized carbons (Fsp3) is 0.200. The number of hydrogen-bond acceptors (Lipinski definition) is 5. The standard InChI is InChI=1S/C20H18N2O5/c1-13-6-7-14(10-18(13)22(25)26)19(23)12-27-20(24)9-8-15-11-21-17-5-3-2-4-16(15)17/h2-7,10-11,21H,8-9,12H2,1H3. The van der Waals surface area contributed by atoms with Gasteiger partial charge < -0.3 is 9.72 Å². The number of rotatable bonds is 7. The van der Waals surface area contributed by atoms with Gasteiger partial charge in [-0.2, -0.15) is 0 Å². The number of benzene rings is 2. The fourth-order valence-corrected chi connectivity index (χ4v) is 2.86. The van der Waals surface area contributed by atoms with Gasteiger partial charge in [0.2, 0.25) is 5.78 Å². The maximum Gasteiger partial charge on any atom is 0.306 e. The third-order valence-corrected chi connectivity index (χ3v) is 4.37. The van der Waals surface area contributed by atoms with Crippen LogP contribution in [0.25, 0.3) is 10.9 Å². The summed E-state index contributed by atoms with van der Waals surface area (Å²) in [4.78, 5) is 37.6. The smallest absolute Gasteiger partial charge is 0.306 e. The number of nitrogens with zero attached hydrogens (tertiary/aromatic N) is 1. The quantitative estimate of drug-likeness (QED) is 0.297. The zero-order valence-corrected chi connectivity index (χ0v) is 14.7. The highest BCUT2D eigenvalue weighted by molar-refractivity contribution is 5.98. The van der Waals surface area contributed by atoms with E-state index in [2.05, 4.69) is 4.98 Å². The summed E-state index contributed by atoms with van der Waals surface area (Å²) in [5.74, 6) is -0.964. The molecule has 1 aromatic heterocycles. The van der Waals surface area contributed by atoms with Crippen molar-refractivity contribution in [2.75, 3.05) is 6.61 Å². The molecular formula is C20H18N2O5. The SMILES string of the molecule is Cc1ccc(C(=O)COC(=O)CCc2c[nH]c3ccccc23)cc1[N+](=O)[O-]. The number of aromatic amines is 1. The van der Waals surface area contributed by atoms with E-state index in [0.717, 1.165) is 16.5 Å². The van der Waals surface area contributed by atoms with Gasteiger partial charge in [0.1, 0.15) is 0 Å². The summed E-state index contributed by atoms with van der Waals surface area (Å²) in [5.41, 5.74) is 2.48. The first kappa shape index (κ1) is 18.3. The number of nitro benzene ring substituents is 1. The molecule has 7 nitrogen and oxygen atoms in total. The molecule has 0 spiro atoms. The Bertz CT molecular complexity index is 1020. The summed E-state index contributed by atoms with van der Waals surface area (Å²) < 4.78 is 5.03. The molecule has 0 radical (unpaired) electrons. The van der Waals surface area contributed by atoms with Crippen molar-refractivity contribution in [3.63, 3.8) is 0 Å². The highest BCUT2D eigenvalue weighted by Gasteiger charge is 2.16. The summed E-state index contributed by atoms with van der Waals surface area (Å²) >= 11 is 0. The predicted molar refractivity (Wildman–Crippen MR) is 99.7 cm³/mol. The first-order valence-electron chi connectivity index (χ1n) is 8.44. The molecule has 0 aliphatic carbocycles. The maximum absolute atomic E-state index is 12.1. The van der Waals surface area contributed by atoms with Crippen molar-refractivity contribution >= 4 is 28.3 Å². The van der Waals surface area contributed by atoms with Crippen LogP contribution in [0.3, 0.4) is 0 Å². The van der Waals surface area contributed by atoms with E-state index in [1.165, 1.54) is 18.2 Å².